The average molecular weight is 680 g/mol. The first-order valence-electron chi connectivity index (χ1n) is 15.7. The molecule has 46 heavy (non-hydrogen) atoms. The summed E-state index contributed by atoms with van der Waals surface area (Å²) in [6.45, 7) is 2.86. The number of hydrogen-bond acceptors (Lipinski definition) is 6. The molecule has 2 aliphatic rings. The van der Waals surface area contributed by atoms with E-state index in [9.17, 15) is 19.2 Å². The van der Waals surface area contributed by atoms with Gasteiger partial charge in [0.25, 0.3) is 0 Å². The molecule has 4 rings (SSSR count). The Morgan fingerprint density at radius 1 is 0.652 bits per heavy atom. The standard InChI is InChI=1S/2C16H22ClN3O3/c17-13-4-2-5-14(11-13)18-16(22)20-9-7-12(8-10-20)3-1-6-15(21)19-23;17-13-4-6-14(7-5-13)18-16(22)20-10-8-12(9-11-20)2-1-3-15(21)19-23/h2,4-5,11-12,23H,1,3,6-10H2,(H,18,22)(H,19,21);4-7,12,23H,1-3,8-11H2,(H,18,22)(H,19,21). The Labute approximate surface area is 279 Å². The highest BCUT2D eigenvalue weighted by Crippen LogP contribution is 2.25. The molecule has 2 aliphatic heterocycles. The molecule has 0 radical (unpaired) electrons. The minimum Gasteiger partial charge on any atom is -0.325 e. The molecule has 14 heteroatoms. The van der Waals surface area contributed by atoms with Crippen LogP contribution in [0.5, 0.6) is 0 Å². The Balaban J connectivity index is 0.000000250. The van der Waals surface area contributed by atoms with Crippen LogP contribution in [-0.4, -0.2) is 70.3 Å². The van der Waals surface area contributed by atoms with Gasteiger partial charge in [-0.1, -0.05) is 29.3 Å². The van der Waals surface area contributed by atoms with Crippen molar-refractivity contribution in [3.63, 3.8) is 0 Å². The first kappa shape index (κ1) is 36.9. The highest BCUT2D eigenvalue weighted by molar-refractivity contribution is 6.31. The molecule has 2 heterocycles. The average Bonchev–Trinajstić information content (AvgIpc) is 3.06. The first-order valence-corrected chi connectivity index (χ1v) is 16.4. The second-order valence-corrected chi connectivity index (χ2v) is 12.5. The van der Waals surface area contributed by atoms with Gasteiger partial charge in [0.15, 0.2) is 0 Å². The number of urea groups is 2. The fourth-order valence-electron chi connectivity index (χ4n) is 5.57. The molecule has 0 atom stereocenters. The normalized spacial score (nSPS) is 15.3. The van der Waals surface area contributed by atoms with Crippen LogP contribution in [0.2, 0.25) is 10.0 Å². The number of carbonyl (C=O) groups is 4. The van der Waals surface area contributed by atoms with E-state index in [1.165, 1.54) is 0 Å². The van der Waals surface area contributed by atoms with Crippen molar-refractivity contribution < 1.29 is 29.6 Å². The Morgan fingerprint density at radius 2 is 1.11 bits per heavy atom. The lowest BCUT2D eigenvalue weighted by Gasteiger charge is -2.32. The van der Waals surface area contributed by atoms with Crippen molar-refractivity contribution in [2.75, 3.05) is 36.8 Å². The Hall–Kier alpha value is -3.58. The number of rotatable bonds is 10. The molecule has 0 aliphatic carbocycles. The summed E-state index contributed by atoms with van der Waals surface area (Å²) < 4.78 is 0. The quantitative estimate of drug-likeness (QED) is 0.124. The second-order valence-electron chi connectivity index (χ2n) is 11.6. The van der Waals surface area contributed by atoms with Crippen LogP contribution < -0.4 is 21.6 Å². The van der Waals surface area contributed by atoms with E-state index in [1.54, 1.807) is 58.3 Å². The number of anilines is 2. The van der Waals surface area contributed by atoms with Gasteiger partial charge in [-0.05, 0) is 106 Å². The van der Waals surface area contributed by atoms with E-state index in [4.69, 9.17) is 33.6 Å². The largest absolute Gasteiger partial charge is 0.325 e. The Kier molecular flexibility index (Phi) is 15.9. The van der Waals surface area contributed by atoms with Crippen LogP contribution in [0, 0.1) is 11.8 Å². The monoisotopic (exact) mass is 678 g/mol. The SMILES string of the molecule is O=C(CCCC1CCN(C(=O)Nc2ccc(Cl)cc2)CC1)NO.O=C(CCCC1CCN(C(=O)Nc2cccc(Cl)c2)CC1)NO. The first-order chi connectivity index (χ1) is 22.2. The second kappa shape index (κ2) is 19.8. The van der Waals surface area contributed by atoms with Crippen LogP contribution in [0.3, 0.4) is 0 Å². The van der Waals surface area contributed by atoms with Crippen molar-refractivity contribution in [1.82, 2.24) is 20.8 Å². The number of hydrogen-bond donors (Lipinski definition) is 6. The van der Waals surface area contributed by atoms with Gasteiger partial charge in [-0.25, -0.2) is 20.5 Å². The van der Waals surface area contributed by atoms with Crippen LogP contribution in [0.15, 0.2) is 48.5 Å². The number of likely N-dealkylation sites (tertiary alicyclic amines) is 2. The highest BCUT2D eigenvalue weighted by atomic mass is 35.5. The number of nitrogens with one attached hydrogen (secondary N) is 4. The zero-order chi connectivity index (χ0) is 33.3. The topological polar surface area (TPSA) is 163 Å². The maximum atomic E-state index is 12.2. The van der Waals surface area contributed by atoms with Gasteiger partial charge in [-0.3, -0.25) is 20.0 Å². The van der Waals surface area contributed by atoms with Crippen LogP contribution >= 0.6 is 23.2 Å². The summed E-state index contributed by atoms with van der Waals surface area (Å²) in [5.74, 6) is 0.367. The maximum absolute atomic E-state index is 12.2. The van der Waals surface area contributed by atoms with Crippen molar-refractivity contribution >= 4 is 58.5 Å². The van der Waals surface area contributed by atoms with Gasteiger partial charge in [-0.15, -0.1) is 0 Å². The van der Waals surface area contributed by atoms with E-state index in [0.29, 0.717) is 53.5 Å². The zero-order valence-electron chi connectivity index (χ0n) is 25.9. The van der Waals surface area contributed by atoms with Crippen molar-refractivity contribution in [2.24, 2.45) is 11.8 Å². The van der Waals surface area contributed by atoms with Crippen LogP contribution in [0.1, 0.15) is 64.2 Å². The molecule has 6 N–H and O–H groups in total. The summed E-state index contributed by atoms with van der Waals surface area (Å²) in [7, 11) is 0. The minimum atomic E-state index is -0.344. The maximum Gasteiger partial charge on any atom is 0.321 e. The van der Waals surface area contributed by atoms with Gasteiger partial charge in [-0.2, -0.15) is 0 Å². The van der Waals surface area contributed by atoms with Gasteiger partial charge in [0.05, 0.1) is 0 Å². The molecule has 0 bridgehead atoms. The summed E-state index contributed by atoms with van der Waals surface area (Å²) in [6.07, 6.45) is 7.83. The van der Waals surface area contributed by atoms with E-state index in [0.717, 1.165) is 70.1 Å². The Morgan fingerprint density at radius 3 is 1.54 bits per heavy atom. The van der Waals surface area contributed by atoms with E-state index < -0.39 is 0 Å². The smallest absolute Gasteiger partial charge is 0.321 e. The molecular formula is C32H44Cl2N6O6. The van der Waals surface area contributed by atoms with E-state index >= 15 is 0 Å². The van der Waals surface area contributed by atoms with Crippen LogP contribution in [0.25, 0.3) is 0 Å². The number of piperidine rings is 2. The lowest BCUT2D eigenvalue weighted by molar-refractivity contribution is -0.130. The summed E-state index contributed by atoms with van der Waals surface area (Å²) in [5.41, 5.74) is 4.71. The fraction of sp³-hybridized carbons (Fsp3) is 0.500. The van der Waals surface area contributed by atoms with Gasteiger partial charge >= 0.3 is 12.1 Å². The minimum absolute atomic E-state index is 0.0922. The lowest BCUT2D eigenvalue weighted by atomic mass is 9.91. The third-order valence-corrected chi connectivity index (χ3v) is 8.74. The molecule has 6 amide bonds. The molecular weight excluding hydrogens is 635 g/mol. The zero-order valence-corrected chi connectivity index (χ0v) is 27.4. The van der Waals surface area contributed by atoms with E-state index in [2.05, 4.69) is 10.6 Å². The molecule has 2 saturated heterocycles. The summed E-state index contributed by atoms with van der Waals surface area (Å²) in [6, 6.07) is 13.9. The molecule has 2 fully saturated rings. The summed E-state index contributed by atoms with van der Waals surface area (Å²) in [4.78, 5) is 50.0. The number of carbonyl (C=O) groups excluding carboxylic acids is 4. The molecule has 0 spiro atoms. The van der Waals surface area contributed by atoms with Crippen molar-refractivity contribution in [3.05, 3.63) is 58.6 Å². The molecule has 2 aromatic carbocycles. The number of halogens is 2. The molecule has 12 nitrogen and oxygen atoms in total. The molecule has 2 aromatic rings. The predicted molar refractivity (Wildman–Crippen MR) is 177 cm³/mol. The molecule has 0 unspecified atom stereocenters. The number of amides is 6. The summed E-state index contributed by atoms with van der Waals surface area (Å²) in [5, 5.41) is 23.8. The van der Waals surface area contributed by atoms with Gasteiger partial charge in [0, 0.05) is 60.4 Å². The predicted octanol–water partition coefficient (Wildman–Crippen LogP) is 6.52. The Bertz CT molecular complexity index is 1270. The number of benzene rings is 2. The van der Waals surface area contributed by atoms with Crippen LogP contribution in [-0.2, 0) is 9.59 Å². The van der Waals surface area contributed by atoms with E-state index in [1.807, 2.05) is 11.0 Å². The van der Waals surface area contributed by atoms with E-state index in [-0.39, 0.29) is 23.9 Å². The van der Waals surface area contributed by atoms with Gasteiger partial charge < -0.3 is 20.4 Å². The van der Waals surface area contributed by atoms with Gasteiger partial charge in [0.1, 0.15) is 0 Å². The fourth-order valence-corrected chi connectivity index (χ4v) is 5.88. The molecule has 0 saturated carbocycles. The van der Waals surface area contributed by atoms with Crippen molar-refractivity contribution in [2.45, 2.75) is 64.2 Å². The van der Waals surface area contributed by atoms with Gasteiger partial charge in [0.2, 0.25) is 11.8 Å². The van der Waals surface area contributed by atoms with Crippen LogP contribution in [0.4, 0.5) is 21.0 Å². The molecule has 0 aromatic heterocycles. The third kappa shape index (κ3) is 13.4. The number of hydroxylamine groups is 2. The lowest BCUT2D eigenvalue weighted by Crippen LogP contribution is -2.41. The highest BCUT2D eigenvalue weighted by Gasteiger charge is 2.24. The third-order valence-electron chi connectivity index (χ3n) is 8.26. The molecule has 252 valence electrons. The number of nitrogens with zero attached hydrogens (tertiary/aromatic N) is 2. The van der Waals surface area contributed by atoms with Crippen molar-refractivity contribution in [3.8, 4) is 0 Å². The summed E-state index contributed by atoms with van der Waals surface area (Å²) >= 11 is 11.7. The van der Waals surface area contributed by atoms with Crippen molar-refractivity contribution in [1.29, 1.82) is 0 Å².